The van der Waals surface area contributed by atoms with Gasteiger partial charge in [0.25, 0.3) is 5.91 Å². The van der Waals surface area contributed by atoms with Crippen molar-refractivity contribution in [3.05, 3.63) is 72.3 Å². The maximum Gasteiger partial charge on any atom is 0.251 e. The second-order valence-corrected chi connectivity index (χ2v) is 7.64. The average molecular weight is 372 g/mol. The smallest absolute Gasteiger partial charge is 0.251 e. The molecule has 1 amide bonds. The molecule has 1 unspecified atom stereocenters. The van der Waals surface area contributed by atoms with Gasteiger partial charge in [-0.2, -0.15) is 0 Å². The molecule has 136 valence electrons. The first-order valence-corrected chi connectivity index (χ1v) is 9.73. The molecule has 0 saturated heterocycles. The number of hydrogen-bond donors (Lipinski definition) is 2. The lowest BCUT2D eigenvalue weighted by Crippen LogP contribution is -2.32. The van der Waals surface area contributed by atoms with Crippen LogP contribution < -0.4 is 14.8 Å². The number of fused-ring (bicyclic) bond motifs is 1. The van der Waals surface area contributed by atoms with Crippen LogP contribution in [-0.2, 0) is 10.0 Å². The number of benzene rings is 2. The van der Waals surface area contributed by atoms with Gasteiger partial charge >= 0.3 is 0 Å². The quantitative estimate of drug-likeness (QED) is 0.763. The van der Waals surface area contributed by atoms with Crippen molar-refractivity contribution in [2.24, 2.45) is 0 Å². The maximum atomic E-state index is 12.6. The third-order valence-electron chi connectivity index (χ3n) is 4.09. The van der Waals surface area contributed by atoms with Crippen LogP contribution in [0.3, 0.4) is 0 Å². The molecule has 0 bridgehead atoms. The van der Waals surface area contributed by atoms with Crippen LogP contribution in [-0.4, -0.2) is 27.5 Å². The Balaban J connectivity index is 1.79. The van der Waals surface area contributed by atoms with E-state index in [1.54, 1.807) is 12.1 Å². The molecule has 0 spiro atoms. The number of sulfonamides is 1. The standard InChI is InChI=1S/C19H20N2O4S/c1-2-11-20-26(23,24)15-7-5-6-14(13-15)19(22)21-17-10-12-25-18-9-4-3-8-16(17)18/h2-9,13,17,20H,1,10-12H2,(H,21,22). The highest BCUT2D eigenvalue weighted by atomic mass is 32.2. The van der Waals surface area contributed by atoms with E-state index in [-0.39, 0.29) is 29.0 Å². The molecule has 1 heterocycles. The molecule has 0 saturated carbocycles. The lowest BCUT2D eigenvalue weighted by atomic mass is 10.00. The van der Waals surface area contributed by atoms with Gasteiger partial charge in [-0.3, -0.25) is 4.79 Å². The number of ether oxygens (including phenoxy) is 1. The van der Waals surface area contributed by atoms with Crippen molar-refractivity contribution in [1.82, 2.24) is 10.0 Å². The fraction of sp³-hybridized carbons (Fsp3) is 0.211. The maximum absolute atomic E-state index is 12.6. The fourth-order valence-electron chi connectivity index (χ4n) is 2.79. The van der Waals surface area contributed by atoms with E-state index in [1.165, 1.54) is 18.2 Å². The average Bonchev–Trinajstić information content (AvgIpc) is 2.67. The topological polar surface area (TPSA) is 84.5 Å². The van der Waals surface area contributed by atoms with Gasteiger partial charge in [-0.25, -0.2) is 13.1 Å². The van der Waals surface area contributed by atoms with Crippen LogP contribution in [0.2, 0.25) is 0 Å². The lowest BCUT2D eigenvalue weighted by molar-refractivity contribution is 0.0924. The van der Waals surface area contributed by atoms with Crippen LogP contribution in [0, 0.1) is 0 Å². The molecular weight excluding hydrogens is 352 g/mol. The fourth-order valence-corrected chi connectivity index (χ4v) is 3.83. The summed E-state index contributed by atoms with van der Waals surface area (Å²) in [4.78, 5) is 12.7. The Hall–Kier alpha value is -2.64. The molecule has 2 aromatic rings. The summed E-state index contributed by atoms with van der Waals surface area (Å²) < 4.78 is 32.4. The van der Waals surface area contributed by atoms with Crippen LogP contribution in [0.15, 0.2) is 66.1 Å². The number of carbonyl (C=O) groups excluding carboxylic acids is 1. The number of para-hydroxylation sites is 1. The van der Waals surface area contributed by atoms with E-state index >= 15 is 0 Å². The number of nitrogens with one attached hydrogen (secondary N) is 2. The molecule has 26 heavy (non-hydrogen) atoms. The number of carbonyl (C=O) groups is 1. The van der Waals surface area contributed by atoms with Gasteiger partial charge in [0.15, 0.2) is 0 Å². The minimum Gasteiger partial charge on any atom is -0.493 e. The van der Waals surface area contributed by atoms with E-state index in [9.17, 15) is 13.2 Å². The van der Waals surface area contributed by atoms with Crippen molar-refractivity contribution >= 4 is 15.9 Å². The van der Waals surface area contributed by atoms with Gasteiger partial charge in [0.05, 0.1) is 17.5 Å². The van der Waals surface area contributed by atoms with Gasteiger partial charge in [0.1, 0.15) is 5.75 Å². The minimum atomic E-state index is -3.68. The number of hydrogen-bond acceptors (Lipinski definition) is 4. The van der Waals surface area contributed by atoms with Crippen molar-refractivity contribution in [2.75, 3.05) is 13.2 Å². The van der Waals surface area contributed by atoms with E-state index in [0.717, 1.165) is 11.3 Å². The van der Waals surface area contributed by atoms with Crippen LogP contribution >= 0.6 is 0 Å². The van der Waals surface area contributed by atoms with Gasteiger partial charge in [0, 0.05) is 24.1 Å². The summed E-state index contributed by atoms with van der Waals surface area (Å²) in [7, 11) is -3.68. The Morgan fingerprint density at radius 2 is 2.04 bits per heavy atom. The molecule has 2 N–H and O–H groups in total. The van der Waals surface area contributed by atoms with Crippen molar-refractivity contribution in [1.29, 1.82) is 0 Å². The minimum absolute atomic E-state index is 0.0411. The highest BCUT2D eigenvalue weighted by molar-refractivity contribution is 7.89. The summed E-state index contributed by atoms with van der Waals surface area (Å²) in [5.74, 6) is 0.432. The second-order valence-electron chi connectivity index (χ2n) is 5.87. The highest BCUT2D eigenvalue weighted by Crippen LogP contribution is 2.31. The summed E-state index contributed by atoms with van der Waals surface area (Å²) in [6, 6.07) is 13.3. The zero-order valence-electron chi connectivity index (χ0n) is 14.1. The monoisotopic (exact) mass is 372 g/mol. The molecule has 1 aliphatic heterocycles. The SMILES string of the molecule is C=CCNS(=O)(=O)c1cccc(C(=O)NC2CCOc3ccccc32)c1. The molecule has 0 aromatic heterocycles. The van der Waals surface area contributed by atoms with Crippen molar-refractivity contribution in [3.8, 4) is 5.75 Å². The molecule has 1 aliphatic rings. The zero-order chi connectivity index (χ0) is 18.6. The predicted molar refractivity (Wildman–Crippen MR) is 98.6 cm³/mol. The van der Waals surface area contributed by atoms with Crippen LogP contribution in [0.5, 0.6) is 5.75 Å². The Kier molecular flexibility index (Phi) is 5.39. The molecule has 2 aromatic carbocycles. The zero-order valence-corrected chi connectivity index (χ0v) is 15.0. The van der Waals surface area contributed by atoms with E-state index in [2.05, 4.69) is 16.6 Å². The van der Waals surface area contributed by atoms with Crippen LogP contribution in [0.4, 0.5) is 0 Å². The molecule has 3 rings (SSSR count). The van der Waals surface area contributed by atoms with Gasteiger partial charge < -0.3 is 10.1 Å². The molecule has 6 nitrogen and oxygen atoms in total. The number of amides is 1. The molecule has 1 atom stereocenters. The van der Waals surface area contributed by atoms with Gasteiger partial charge in [-0.05, 0) is 24.3 Å². The van der Waals surface area contributed by atoms with Crippen molar-refractivity contribution < 1.29 is 17.9 Å². The molecule has 0 aliphatic carbocycles. The first-order chi connectivity index (χ1) is 12.5. The second kappa shape index (κ2) is 7.72. The third-order valence-corrected chi connectivity index (χ3v) is 5.51. The summed E-state index contributed by atoms with van der Waals surface area (Å²) in [5.41, 5.74) is 1.21. The first-order valence-electron chi connectivity index (χ1n) is 8.24. The summed E-state index contributed by atoms with van der Waals surface area (Å²) >= 11 is 0. The van der Waals surface area contributed by atoms with E-state index in [0.29, 0.717) is 13.0 Å². The van der Waals surface area contributed by atoms with Crippen molar-refractivity contribution in [3.63, 3.8) is 0 Å². The van der Waals surface area contributed by atoms with Crippen LogP contribution in [0.25, 0.3) is 0 Å². The highest BCUT2D eigenvalue weighted by Gasteiger charge is 2.23. The summed E-state index contributed by atoms with van der Waals surface area (Å²) in [6.45, 7) is 4.12. The Labute approximate surface area is 152 Å². The van der Waals surface area contributed by atoms with Gasteiger partial charge in [-0.1, -0.05) is 30.3 Å². The summed E-state index contributed by atoms with van der Waals surface area (Å²) in [6.07, 6.45) is 2.11. The molecule has 0 radical (unpaired) electrons. The van der Waals surface area contributed by atoms with Gasteiger partial charge in [0.2, 0.25) is 10.0 Å². The van der Waals surface area contributed by atoms with E-state index < -0.39 is 10.0 Å². The van der Waals surface area contributed by atoms with E-state index in [4.69, 9.17) is 4.74 Å². The Morgan fingerprint density at radius 1 is 1.23 bits per heavy atom. The van der Waals surface area contributed by atoms with Crippen molar-refractivity contribution in [2.45, 2.75) is 17.4 Å². The third kappa shape index (κ3) is 3.95. The first kappa shape index (κ1) is 18.2. The molecule has 0 fully saturated rings. The number of rotatable bonds is 6. The van der Waals surface area contributed by atoms with Crippen LogP contribution in [0.1, 0.15) is 28.4 Å². The summed E-state index contributed by atoms with van der Waals surface area (Å²) in [5, 5.41) is 2.96. The molecule has 7 heteroatoms. The van der Waals surface area contributed by atoms with E-state index in [1.807, 2.05) is 24.3 Å². The largest absolute Gasteiger partial charge is 0.493 e. The Bertz CT molecular complexity index is 925. The molecular formula is C19H20N2O4S. The normalized spacial score (nSPS) is 16.2. The lowest BCUT2D eigenvalue weighted by Gasteiger charge is -2.26. The van der Waals surface area contributed by atoms with Gasteiger partial charge in [-0.15, -0.1) is 6.58 Å². The Morgan fingerprint density at radius 3 is 2.85 bits per heavy atom. The predicted octanol–water partition coefficient (Wildman–Crippen LogP) is 2.40.